The number of piperidine rings is 1. The van der Waals surface area contributed by atoms with Gasteiger partial charge in [0.2, 0.25) is 5.91 Å². The second-order valence-electron chi connectivity index (χ2n) is 8.00. The third-order valence-electron chi connectivity index (χ3n) is 6.08. The summed E-state index contributed by atoms with van der Waals surface area (Å²) in [5, 5.41) is 1.14. The average Bonchev–Trinajstić information content (AvgIpc) is 3.09. The van der Waals surface area contributed by atoms with Gasteiger partial charge in [0.15, 0.2) is 0 Å². The van der Waals surface area contributed by atoms with Crippen LogP contribution in [0.25, 0.3) is 10.9 Å². The summed E-state index contributed by atoms with van der Waals surface area (Å²) in [5.41, 5.74) is 4.22. The SMILES string of the molecule is Cc1nc2ccccc2c(C)c1CC(=O)N1CCCC(Cc2nccn2C)C1. The Balaban J connectivity index is 1.49. The Morgan fingerprint density at radius 1 is 1.25 bits per heavy atom. The number of benzene rings is 1. The fraction of sp³-hybridized carbons (Fsp3) is 0.435. The van der Waals surface area contributed by atoms with Gasteiger partial charge < -0.3 is 9.47 Å². The third kappa shape index (κ3) is 3.66. The van der Waals surface area contributed by atoms with Crippen LogP contribution in [-0.4, -0.2) is 38.4 Å². The molecule has 1 saturated heterocycles. The fourth-order valence-corrected chi connectivity index (χ4v) is 4.40. The van der Waals surface area contributed by atoms with Crippen LogP contribution in [0.15, 0.2) is 36.7 Å². The van der Waals surface area contributed by atoms with Gasteiger partial charge in [-0.15, -0.1) is 0 Å². The van der Waals surface area contributed by atoms with E-state index >= 15 is 0 Å². The number of nitrogens with zero attached hydrogens (tertiary/aromatic N) is 4. The molecule has 1 unspecified atom stereocenters. The van der Waals surface area contributed by atoms with Gasteiger partial charge in [0.1, 0.15) is 5.82 Å². The second-order valence-corrected chi connectivity index (χ2v) is 8.00. The second kappa shape index (κ2) is 7.74. The molecule has 1 aliphatic heterocycles. The Morgan fingerprint density at radius 2 is 2.07 bits per heavy atom. The van der Waals surface area contributed by atoms with Crippen molar-refractivity contribution in [3.63, 3.8) is 0 Å². The summed E-state index contributed by atoms with van der Waals surface area (Å²) in [4.78, 5) is 24.3. The van der Waals surface area contributed by atoms with Crippen molar-refractivity contribution in [3.8, 4) is 0 Å². The molecule has 3 heterocycles. The van der Waals surface area contributed by atoms with Crippen molar-refractivity contribution in [1.82, 2.24) is 19.4 Å². The molecule has 1 aliphatic rings. The van der Waals surface area contributed by atoms with Crippen molar-refractivity contribution < 1.29 is 4.79 Å². The van der Waals surface area contributed by atoms with Crippen molar-refractivity contribution in [2.75, 3.05) is 13.1 Å². The zero-order chi connectivity index (χ0) is 19.7. The summed E-state index contributed by atoms with van der Waals surface area (Å²) in [5.74, 6) is 1.80. The van der Waals surface area contributed by atoms with Crippen LogP contribution >= 0.6 is 0 Å². The van der Waals surface area contributed by atoms with Crippen LogP contribution < -0.4 is 0 Å². The quantitative estimate of drug-likeness (QED) is 0.699. The Bertz CT molecular complexity index is 1010. The molecule has 0 N–H and O–H groups in total. The molecule has 146 valence electrons. The summed E-state index contributed by atoms with van der Waals surface area (Å²) in [7, 11) is 2.03. The van der Waals surface area contributed by atoms with Gasteiger partial charge in [-0.2, -0.15) is 0 Å². The molecular weight excluding hydrogens is 348 g/mol. The lowest BCUT2D eigenvalue weighted by Crippen LogP contribution is -2.41. The Hall–Kier alpha value is -2.69. The van der Waals surface area contributed by atoms with Gasteiger partial charge in [-0.3, -0.25) is 9.78 Å². The number of hydrogen-bond acceptors (Lipinski definition) is 3. The zero-order valence-electron chi connectivity index (χ0n) is 17.0. The van der Waals surface area contributed by atoms with E-state index in [9.17, 15) is 4.79 Å². The van der Waals surface area contributed by atoms with E-state index in [1.807, 2.05) is 49.5 Å². The summed E-state index contributed by atoms with van der Waals surface area (Å²) in [6, 6.07) is 8.17. The van der Waals surface area contributed by atoms with E-state index in [1.165, 1.54) is 5.56 Å². The number of pyridine rings is 1. The highest BCUT2D eigenvalue weighted by molar-refractivity contribution is 5.86. The molecule has 0 aliphatic carbocycles. The molecule has 4 rings (SSSR count). The van der Waals surface area contributed by atoms with E-state index in [4.69, 9.17) is 4.98 Å². The predicted molar refractivity (Wildman–Crippen MR) is 111 cm³/mol. The lowest BCUT2D eigenvalue weighted by molar-refractivity contribution is -0.132. The molecule has 0 saturated carbocycles. The topological polar surface area (TPSA) is 51.0 Å². The normalized spacial score (nSPS) is 17.2. The molecule has 2 aromatic heterocycles. The summed E-state index contributed by atoms with van der Waals surface area (Å²) >= 11 is 0. The summed E-state index contributed by atoms with van der Waals surface area (Å²) < 4.78 is 2.08. The number of imidazole rings is 1. The molecule has 3 aromatic rings. The lowest BCUT2D eigenvalue weighted by atomic mass is 9.93. The fourth-order valence-electron chi connectivity index (χ4n) is 4.40. The molecule has 1 aromatic carbocycles. The van der Waals surface area contributed by atoms with Gasteiger partial charge in [-0.25, -0.2) is 4.98 Å². The van der Waals surface area contributed by atoms with Crippen LogP contribution in [0.2, 0.25) is 0 Å². The maximum atomic E-state index is 13.1. The molecule has 1 fully saturated rings. The first-order valence-corrected chi connectivity index (χ1v) is 10.1. The molecule has 0 spiro atoms. The van der Waals surface area contributed by atoms with E-state index in [1.54, 1.807) is 0 Å². The Kier molecular flexibility index (Phi) is 5.16. The molecular formula is C23H28N4O. The summed E-state index contributed by atoms with van der Waals surface area (Å²) in [6.07, 6.45) is 7.42. The highest BCUT2D eigenvalue weighted by atomic mass is 16.2. The van der Waals surface area contributed by atoms with Crippen molar-refractivity contribution in [2.45, 2.75) is 39.5 Å². The van der Waals surface area contributed by atoms with Crippen LogP contribution in [0.5, 0.6) is 0 Å². The maximum Gasteiger partial charge on any atom is 0.227 e. The van der Waals surface area contributed by atoms with Crippen molar-refractivity contribution in [1.29, 1.82) is 0 Å². The van der Waals surface area contributed by atoms with Gasteiger partial charge in [0.05, 0.1) is 11.9 Å². The Morgan fingerprint density at radius 3 is 2.86 bits per heavy atom. The first kappa shape index (κ1) is 18.7. The Labute approximate surface area is 166 Å². The standard InChI is InChI=1S/C23H28N4O/c1-16-19-8-4-5-9-21(19)25-17(2)20(16)14-23(28)27-11-6-7-18(15-27)13-22-24-10-12-26(22)3/h4-5,8-10,12,18H,6-7,11,13-15H2,1-3H3. The van der Waals surface area contributed by atoms with E-state index in [2.05, 4.69) is 22.5 Å². The van der Waals surface area contributed by atoms with Crippen LogP contribution in [0, 0.1) is 19.8 Å². The van der Waals surface area contributed by atoms with E-state index in [0.29, 0.717) is 12.3 Å². The van der Waals surface area contributed by atoms with Crippen LogP contribution in [0.4, 0.5) is 0 Å². The number of para-hydroxylation sites is 1. The van der Waals surface area contributed by atoms with Gasteiger partial charge in [-0.1, -0.05) is 18.2 Å². The number of carbonyl (C=O) groups is 1. The maximum absolute atomic E-state index is 13.1. The molecule has 0 radical (unpaired) electrons. The van der Waals surface area contributed by atoms with Crippen molar-refractivity contribution in [3.05, 3.63) is 59.3 Å². The summed E-state index contributed by atoms with van der Waals surface area (Å²) in [6.45, 7) is 5.81. The van der Waals surface area contributed by atoms with E-state index < -0.39 is 0 Å². The average molecular weight is 377 g/mol. The number of aryl methyl sites for hydroxylation is 3. The molecule has 5 nitrogen and oxygen atoms in total. The lowest BCUT2D eigenvalue weighted by Gasteiger charge is -2.33. The molecule has 28 heavy (non-hydrogen) atoms. The molecule has 1 amide bonds. The number of amides is 1. The number of hydrogen-bond donors (Lipinski definition) is 0. The minimum atomic E-state index is 0.216. The van der Waals surface area contributed by atoms with E-state index in [-0.39, 0.29) is 5.91 Å². The predicted octanol–water partition coefficient (Wildman–Crippen LogP) is 3.61. The van der Waals surface area contributed by atoms with Crippen molar-refractivity contribution in [2.24, 2.45) is 13.0 Å². The number of rotatable bonds is 4. The van der Waals surface area contributed by atoms with Crippen LogP contribution in [0.3, 0.4) is 0 Å². The number of fused-ring (bicyclic) bond motifs is 1. The molecule has 5 heteroatoms. The minimum Gasteiger partial charge on any atom is -0.342 e. The van der Waals surface area contributed by atoms with Gasteiger partial charge >= 0.3 is 0 Å². The number of carbonyl (C=O) groups excluding carboxylic acids is 1. The number of likely N-dealkylation sites (tertiary alicyclic amines) is 1. The highest BCUT2D eigenvalue weighted by Gasteiger charge is 2.25. The third-order valence-corrected chi connectivity index (χ3v) is 6.08. The smallest absolute Gasteiger partial charge is 0.227 e. The van der Waals surface area contributed by atoms with Gasteiger partial charge in [-0.05, 0) is 49.8 Å². The number of aromatic nitrogens is 3. The van der Waals surface area contributed by atoms with Gasteiger partial charge in [0.25, 0.3) is 0 Å². The monoisotopic (exact) mass is 376 g/mol. The highest BCUT2D eigenvalue weighted by Crippen LogP contribution is 2.25. The van der Waals surface area contributed by atoms with Gasteiger partial charge in [0, 0.05) is 50.0 Å². The minimum absolute atomic E-state index is 0.216. The molecule has 1 atom stereocenters. The first-order chi connectivity index (χ1) is 13.5. The largest absolute Gasteiger partial charge is 0.342 e. The van der Waals surface area contributed by atoms with Crippen molar-refractivity contribution >= 4 is 16.8 Å². The first-order valence-electron chi connectivity index (χ1n) is 10.1. The molecule has 0 bridgehead atoms. The van der Waals surface area contributed by atoms with Crippen LogP contribution in [0.1, 0.15) is 35.5 Å². The van der Waals surface area contributed by atoms with E-state index in [0.717, 1.165) is 60.3 Å². The zero-order valence-corrected chi connectivity index (χ0v) is 17.0. The van der Waals surface area contributed by atoms with Crippen LogP contribution in [-0.2, 0) is 24.7 Å².